The van der Waals surface area contributed by atoms with Gasteiger partial charge < -0.3 is 9.32 Å². The fourth-order valence-electron chi connectivity index (χ4n) is 6.59. The molecule has 1 aliphatic heterocycles. The molecule has 6 aromatic rings. The number of hydrogen-bond donors (Lipinski definition) is 0. The van der Waals surface area contributed by atoms with Crippen LogP contribution in [0.3, 0.4) is 0 Å². The summed E-state index contributed by atoms with van der Waals surface area (Å²) < 4.78 is 5.51. The van der Waals surface area contributed by atoms with Gasteiger partial charge in [0.25, 0.3) is 0 Å². The van der Waals surface area contributed by atoms with Gasteiger partial charge in [-0.05, 0) is 63.2 Å². The maximum absolute atomic E-state index is 13.4. The molecule has 0 unspecified atom stereocenters. The van der Waals surface area contributed by atoms with Gasteiger partial charge >= 0.3 is 0 Å². The average Bonchev–Trinajstić information content (AvgIpc) is 3.60. The molecule has 0 N–H and O–H groups in total. The van der Waals surface area contributed by atoms with Crippen LogP contribution in [0.5, 0.6) is 0 Å². The lowest BCUT2D eigenvalue weighted by Gasteiger charge is -2.42. The Morgan fingerprint density at radius 2 is 1.41 bits per heavy atom. The Labute approximate surface area is 237 Å². The fraction of sp³-hybridized carbons (Fsp3) is 0.0811. The lowest BCUT2D eigenvalue weighted by Crippen LogP contribution is -2.30. The lowest BCUT2D eigenvalue weighted by atomic mass is 9.72. The average molecular weight is 532 g/mol. The molecule has 0 saturated heterocycles. The summed E-state index contributed by atoms with van der Waals surface area (Å²) in [5.74, 6) is -0.434. The number of furan rings is 1. The number of benzene rings is 5. The second-order valence-corrected chi connectivity index (χ2v) is 11.4. The smallest absolute Gasteiger partial charge is 0.197 e. The molecule has 8 rings (SSSR count). The largest absolute Gasteiger partial charge is 0.470 e. The van der Waals surface area contributed by atoms with Gasteiger partial charge in [0, 0.05) is 28.0 Å². The molecule has 0 spiro atoms. The van der Waals surface area contributed by atoms with Crippen molar-refractivity contribution in [2.24, 2.45) is 0 Å². The summed E-state index contributed by atoms with van der Waals surface area (Å²) in [5.41, 5.74) is 7.44. The van der Waals surface area contributed by atoms with E-state index in [-0.39, 0.29) is 22.6 Å². The van der Waals surface area contributed by atoms with E-state index in [1.807, 2.05) is 48.5 Å². The molecule has 2 aliphatic rings. The molecule has 0 saturated carbocycles. The lowest BCUT2D eigenvalue weighted by molar-refractivity contribution is 0.0990. The highest BCUT2D eigenvalue weighted by atomic mass is 16.3. The van der Waals surface area contributed by atoms with Gasteiger partial charge in [0.2, 0.25) is 0 Å². The fourth-order valence-corrected chi connectivity index (χ4v) is 6.59. The number of para-hydroxylation sites is 1. The number of nitrogens with zero attached hydrogens (tertiary/aromatic N) is 1. The molecule has 5 aromatic carbocycles. The second-order valence-electron chi connectivity index (χ2n) is 11.4. The summed E-state index contributed by atoms with van der Waals surface area (Å²) in [5, 5.41) is 4.03. The molecule has 4 nitrogen and oxygen atoms in total. The molecule has 0 radical (unpaired) electrons. The summed E-state index contributed by atoms with van der Waals surface area (Å²) in [6.07, 6.45) is 5.21. The number of Topliss-reactive ketones (excluding diaryl/α,β-unsaturated/α-hetero) is 2. The summed E-state index contributed by atoms with van der Waals surface area (Å²) in [6, 6.07) is 32.5. The number of ketones is 2. The number of carbonyl (C=O) groups is 2. The highest BCUT2D eigenvalue weighted by Crippen LogP contribution is 2.54. The van der Waals surface area contributed by atoms with Gasteiger partial charge in [-0.15, -0.1) is 0 Å². The number of allylic oxidation sites excluding steroid dienone is 1. The minimum Gasteiger partial charge on any atom is -0.470 e. The summed E-state index contributed by atoms with van der Waals surface area (Å²) in [6.45, 7) is 4.53. The molecule has 0 atom stereocenters. The molecular weight excluding hydrogens is 506 g/mol. The van der Waals surface area contributed by atoms with Gasteiger partial charge in [0.15, 0.2) is 11.6 Å². The maximum Gasteiger partial charge on any atom is 0.197 e. The molecule has 41 heavy (non-hydrogen) atoms. The first-order valence-corrected chi connectivity index (χ1v) is 13.7. The monoisotopic (exact) mass is 531 g/mol. The third kappa shape index (κ3) is 3.34. The number of anilines is 3. The molecule has 1 aromatic heterocycles. The molecule has 0 amide bonds. The van der Waals surface area contributed by atoms with Crippen molar-refractivity contribution in [3.8, 4) is 0 Å². The van der Waals surface area contributed by atoms with Crippen molar-refractivity contribution in [1.29, 1.82) is 0 Å². The van der Waals surface area contributed by atoms with E-state index in [9.17, 15) is 9.59 Å². The zero-order chi connectivity index (χ0) is 27.9. The normalized spacial score (nSPS) is 15.3. The number of rotatable bonds is 2. The van der Waals surface area contributed by atoms with Crippen molar-refractivity contribution in [3.63, 3.8) is 0 Å². The summed E-state index contributed by atoms with van der Waals surface area (Å²) >= 11 is 0. The van der Waals surface area contributed by atoms with Crippen molar-refractivity contribution in [1.82, 2.24) is 0 Å². The Kier molecular flexibility index (Phi) is 4.84. The van der Waals surface area contributed by atoms with Crippen LogP contribution in [0.4, 0.5) is 17.1 Å². The highest BCUT2D eigenvalue weighted by molar-refractivity contribution is 6.42. The zero-order valence-electron chi connectivity index (χ0n) is 22.6. The highest BCUT2D eigenvalue weighted by Gasteiger charge is 2.38. The quantitative estimate of drug-likeness (QED) is 0.165. The third-order valence-corrected chi connectivity index (χ3v) is 8.67. The van der Waals surface area contributed by atoms with Crippen molar-refractivity contribution in [2.75, 3.05) is 4.90 Å². The molecule has 4 heteroatoms. The Bertz CT molecular complexity index is 2060. The minimum absolute atomic E-state index is 0.209. The summed E-state index contributed by atoms with van der Waals surface area (Å²) in [7, 11) is 0. The van der Waals surface area contributed by atoms with Gasteiger partial charge in [0.1, 0.15) is 6.26 Å². The zero-order valence-corrected chi connectivity index (χ0v) is 22.6. The second kappa shape index (κ2) is 8.39. The third-order valence-electron chi connectivity index (χ3n) is 8.67. The van der Waals surface area contributed by atoms with Crippen molar-refractivity contribution < 1.29 is 14.0 Å². The van der Waals surface area contributed by atoms with Crippen molar-refractivity contribution in [3.05, 3.63) is 143 Å². The van der Waals surface area contributed by atoms with E-state index in [1.54, 1.807) is 18.6 Å². The standard InChI is InChI=1S/C37H25NO3/c1-37(2)31-9-5-6-10-33(31)38(26-15-16-41-21-26)34-27-13-11-22(17-25(27)12-14-32(34)37)18-30-35(39)28-19-23-7-3-4-8-24(23)20-29(28)36(30)40/h3-21H,1-2H3. The van der Waals surface area contributed by atoms with Crippen LogP contribution in [0.15, 0.2) is 120 Å². The van der Waals surface area contributed by atoms with E-state index in [2.05, 4.69) is 67.3 Å². The van der Waals surface area contributed by atoms with E-state index in [4.69, 9.17) is 4.42 Å². The maximum atomic E-state index is 13.4. The van der Waals surface area contributed by atoms with Gasteiger partial charge in [-0.25, -0.2) is 0 Å². The predicted octanol–water partition coefficient (Wildman–Crippen LogP) is 9.16. The van der Waals surface area contributed by atoms with Crippen LogP contribution in [0, 0.1) is 0 Å². The molecule has 196 valence electrons. The molecule has 2 heterocycles. The van der Waals surface area contributed by atoms with Crippen molar-refractivity contribution in [2.45, 2.75) is 19.3 Å². The van der Waals surface area contributed by atoms with Gasteiger partial charge in [-0.2, -0.15) is 0 Å². The SMILES string of the molecule is CC1(C)c2ccccc2N(c2ccoc2)c2c1ccc1cc(C=C3C(=O)c4cc5ccccc5cc4C3=O)ccc21. The number of hydrogen-bond acceptors (Lipinski definition) is 4. The Balaban J connectivity index is 1.28. The minimum atomic E-state index is -0.217. The van der Waals surface area contributed by atoms with E-state index in [0.29, 0.717) is 11.1 Å². The van der Waals surface area contributed by atoms with E-state index in [0.717, 1.165) is 44.2 Å². The van der Waals surface area contributed by atoms with Gasteiger partial charge in [-0.3, -0.25) is 9.59 Å². The Hall–Kier alpha value is -5.22. The van der Waals surface area contributed by atoms with E-state index in [1.165, 1.54) is 11.1 Å². The number of carbonyl (C=O) groups excluding carboxylic acids is 2. The van der Waals surface area contributed by atoms with Crippen molar-refractivity contribution >= 4 is 56.2 Å². The Morgan fingerprint density at radius 1 is 0.707 bits per heavy atom. The van der Waals surface area contributed by atoms with Crippen LogP contribution in [0.2, 0.25) is 0 Å². The molecular formula is C37H25NO3. The molecule has 0 bridgehead atoms. The molecule has 0 fully saturated rings. The van der Waals surface area contributed by atoms with Gasteiger partial charge in [-0.1, -0.05) is 80.6 Å². The van der Waals surface area contributed by atoms with Crippen LogP contribution in [-0.2, 0) is 5.41 Å². The molecule has 1 aliphatic carbocycles. The Morgan fingerprint density at radius 3 is 2.12 bits per heavy atom. The van der Waals surface area contributed by atoms with Crippen LogP contribution in [0.1, 0.15) is 51.3 Å². The first-order chi connectivity index (χ1) is 19.9. The summed E-state index contributed by atoms with van der Waals surface area (Å²) in [4.78, 5) is 29.0. The van der Waals surface area contributed by atoms with E-state index >= 15 is 0 Å². The first-order valence-electron chi connectivity index (χ1n) is 13.7. The topological polar surface area (TPSA) is 50.5 Å². The van der Waals surface area contributed by atoms with E-state index < -0.39 is 0 Å². The first kappa shape index (κ1) is 23.6. The number of fused-ring (bicyclic) bond motifs is 6. The van der Waals surface area contributed by atoms with Crippen LogP contribution >= 0.6 is 0 Å². The van der Waals surface area contributed by atoms with Gasteiger partial charge in [0.05, 0.1) is 28.9 Å². The predicted molar refractivity (Wildman–Crippen MR) is 164 cm³/mol. The van der Waals surface area contributed by atoms with Crippen LogP contribution in [-0.4, -0.2) is 11.6 Å². The van der Waals surface area contributed by atoms with Crippen LogP contribution < -0.4 is 4.90 Å². The van der Waals surface area contributed by atoms with Crippen LogP contribution in [0.25, 0.3) is 27.6 Å².